The van der Waals surface area contributed by atoms with Gasteiger partial charge in [0.15, 0.2) is 6.61 Å². The monoisotopic (exact) mass is 374 g/mol. The summed E-state index contributed by atoms with van der Waals surface area (Å²) in [4.78, 5) is 28.3. The molecule has 0 unspecified atom stereocenters. The van der Waals surface area contributed by atoms with Crippen molar-refractivity contribution in [3.63, 3.8) is 0 Å². The summed E-state index contributed by atoms with van der Waals surface area (Å²) in [5.74, 6) is -1.05. The SMILES string of the molecule is O=C(/C=C/c1cccs1)OCC(=O)N1CCN(c2ccccc2F)CC1. The van der Waals surface area contributed by atoms with Gasteiger partial charge in [-0.3, -0.25) is 4.79 Å². The Morgan fingerprint density at radius 1 is 1.12 bits per heavy atom. The molecule has 0 radical (unpaired) electrons. The second-order valence-electron chi connectivity index (χ2n) is 5.78. The molecule has 1 saturated heterocycles. The first-order valence-corrected chi connectivity index (χ1v) is 9.17. The lowest BCUT2D eigenvalue weighted by Crippen LogP contribution is -2.50. The Kier molecular flexibility index (Phi) is 6.01. The standard InChI is InChI=1S/C19H19FN2O3S/c20-16-5-1-2-6-17(16)21-9-11-22(12-10-21)18(23)14-25-19(24)8-7-15-4-3-13-26-15/h1-8,13H,9-12,14H2/b8-7+. The third kappa shape index (κ3) is 4.70. The van der Waals surface area contributed by atoms with Crippen LogP contribution in [0.4, 0.5) is 10.1 Å². The average Bonchev–Trinajstić information content (AvgIpc) is 3.18. The lowest BCUT2D eigenvalue weighted by atomic mass is 10.2. The van der Waals surface area contributed by atoms with E-state index < -0.39 is 5.97 Å². The van der Waals surface area contributed by atoms with Crippen LogP contribution < -0.4 is 4.90 Å². The lowest BCUT2D eigenvalue weighted by molar-refractivity contribution is -0.148. The second kappa shape index (κ2) is 8.62. The summed E-state index contributed by atoms with van der Waals surface area (Å²) in [5.41, 5.74) is 0.546. The Hall–Kier alpha value is -2.67. The second-order valence-corrected chi connectivity index (χ2v) is 6.75. The number of halogens is 1. The van der Waals surface area contributed by atoms with Crippen LogP contribution in [0.3, 0.4) is 0 Å². The molecule has 26 heavy (non-hydrogen) atoms. The number of carbonyl (C=O) groups excluding carboxylic acids is 2. The average molecular weight is 374 g/mol. The maximum absolute atomic E-state index is 13.8. The summed E-state index contributed by atoms with van der Waals surface area (Å²) < 4.78 is 18.8. The van der Waals surface area contributed by atoms with Crippen molar-refractivity contribution in [2.45, 2.75) is 0 Å². The molecule has 1 aromatic carbocycles. The Morgan fingerprint density at radius 2 is 1.88 bits per heavy atom. The van der Waals surface area contributed by atoms with Crippen LogP contribution in [0, 0.1) is 5.82 Å². The lowest BCUT2D eigenvalue weighted by Gasteiger charge is -2.36. The number of carbonyl (C=O) groups is 2. The molecule has 0 saturated carbocycles. The molecule has 2 heterocycles. The summed E-state index contributed by atoms with van der Waals surface area (Å²) in [6.45, 7) is 1.73. The topological polar surface area (TPSA) is 49.9 Å². The number of esters is 1. The van der Waals surface area contributed by atoms with E-state index in [1.165, 1.54) is 23.5 Å². The van der Waals surface area contributed by atoms with Crippen molar-refractivity contribution in [2.24, 2.45) is 0 Å². The number of thiophene rings is 1. The van der Waals surface area contributed by atoms with Gasteiger partial charge >= 0.3 is 5.97 Å². The van der Waals surface area contributed by atoms with Crippen LogP contribution in [0.25, 0.3) is 6.08 Å². The molecule has 0 spiro atoms. The number of piperazine rings is 1. The van der Waals surface area contributed by atoms with E-state index in [0.717, 1.165) is 4.88 Å². The van der Waals surface area contributed by atoms with Crippen LogP contribution in [0.2, 0.25) is 0 Å². The van der Waals surface area contributed by atoms with E-state index in [-0.39, 0.29) is 18.3 Å². The molecule has 2 aromatic rings. The van der Waals surface area contributed by atoms with E-state index in [1.54, 1.807) is 29.2 Å². The summed E-state index contributed by atoms with van der Waals surface area (Å²) in [5, 5.41) is 1.91. The summed E-state index contributed by atoms with van der Waals surface area (Å²) in [6.07, 6.45) is 2.97. The predicted molar refractivity (Wildman–Crippen MR) is 99.5 cm³/mol. The smallest absolute Gasteiger partial charge is 0.331 e. The van der Waals surface area contributed by atoms with Gasteiger partial charge in [-0.25, -0.2) is 9.18 Å². The molecule has 3 rings (SSSR count). The van der Waals surface area contributed by atoms with Gasteiger partial charge < -0.3 is 14.5 Å². The van der Waals surface area contributed by atoms with E-state index >= 15 is 0 Å². The van der Waals surface area contributed by atoms with Gasteiger partial charge in [-0.1, -0.05) is 18.2 Å². The van der Waals surface area contributed by atoms with E-state index in [2.05, 4.69) is 0 Å². The zero-order chi connectivity index (χ0) is 18.4. The molecule has 0 bridgehead atoms. The van der Waals surface area contributed by atoms with Crippen LogP contribution in [0.15, 0.2) is 47.9 Å². The van der Waals surface area contributed by atoms with Gasteiger partial charge in [-0.05, 0) is 29.7 Å². The predicted octanol–water partition coefficient (Wildman–Crippen LogP) is 2.79. The number of anilines is 1. The van der Waals surface area contributed by atoms with Crippen LogP contribution in [0.1, 0.15) is 4.88 Å². The van der Waals surface area contributed by atoms with Crippen LogP contribution >= 0.6 is 11.3 Å². The van der Waals surface area contributed by atoms with Gasteiger partial charge in [0.05, 0.1) is 5.69 Å². The molecule has 0 atom stereocenters. The molecule has 5 nitrogen and oxygen atoms in total. The van der Waals surface area contributed by atoms with Gasteiger partial charge in [0.25, 0.3) is 5.91 Å². The largest absolute Gasteiger partial charge is 0.452 e. The first-order valence-electron chi connectivity index (χ1n) is 8.29. The molecule has 1 fully saturated rings. The zero-order valence-corrected chi connectivity index (χ0v) is 15.0. The van der Waals surface area contributed by atoms with Crippen LogP contribution in [-0.4, -0.2) is 49.6 Å². The fourth-order valence-electron chi connectivity index (χ4n) is 2.71. The molecule has 136 valence electrons. The minimum atomic E-state index is -0.545. The molecule has 1 aliphatic rings. The number of benzene rings is 1. The summed E-state index contributed by atoms with van der Waals surface area (Å²) in [7, 11) is 0. The normalized spacial score (nSPS) is 14.7. The van der Waals surface area contributed by atoms with Crippen LogP contribution in [0.5, 0.6) is 0 Å². The Balaban J connectivity index is 1.44. The zero-order valence-electron chi connectivity index (χ0n) is 14.1. The number of nitrogens with zero attached hydrogens (tertiary/aromatic N) is 2. The van der Waals surface area contributed by atoms with Crippen molar-refractivity contribution in [3.05, 3.63) is 58.5 Å². The van der Waals surface area contributed by atoms with E-state index in [1.807, 2.05) is 22.4 Å². The minimum Gasteiger partial charge on any atom is -0.452 e. The minimum absolute atomic E-state index is 0.240. The van der Waals surface area contributed by atoms with Crippen molar-refractivity contribution in [1.29, 1.82) is 0 Å². The van der Waals surface area contributed by atoms with E-state index in [9.17, 15) is 14.0 Å². The highest BCUT2D eigenvalue weighted by Gasteiger charge is 2.23. The number of rotatable bonds is 5. The van der Waals surface area contributed by atoms with Gasteiger partial charge in [-0.15, -0.1) is 11.3 Å². The quantitative estimate of drug-likeness (QED) is 0.597. The molecular formula is C19H19FN2O3S. The molecule has 0 aliphatic carbocycles. The number of hydrogen-bond acceptors (Lipinski definition) is 5. The maximum Gasteiger partial charge on any atom is 0.331 e. The van der Waals surface area contributed by atoms with Crippen molar-refractivity contribution >= 4 is 35.0 Å². The van der Waals surface area contributed by atoms with Crippen molar-refractivity contribution in [1.82, 2.24) is 4.90 Å². The number of ether oxygens (including phenoxy) is 1. The molecule has 7 heteroatoms. The van der Waals surface area contributed by atoms with Gasteiger partial charge in [0.1, 0.15) is 5.82 Å². The van der Waals surface area contributed by atoms with Crippen molar-refractivity contribution in [2.75, 3.05) is 37.7 Å². The molecule has 0 N–H and O–H groups in total. The third-order valence-electron chi connectivity index (χ3n) is 4.09. The number of para-hydroxylation sites is 1. The van der Waals surface area contributed by atoms with Gasteiger partial charge in [0, 0.05) is 37.1 Å². The first-order chi connectivity index (χ1) is 12.6. The molecule has 1 amide bonds. The summed E-state index contributed by atoms with van der Waals surface area (Å²) >= 11 is 1.51. The molecule has 1 aliphatic heterocycles. The molecule has 1 aromatic heterocycles. The fourth-order valence-corrected chi connectivity index (χ4v) is 3.33. The Morgan fingerprint density at radius 3 is 2.58 bits per heavy atom. The van der Waals surface area contributed by atoms with E-state index in [0.29, 0.717) is 31.9 Å². The first kappa shape index (κ1) is 18.1. The van der Waals surface area contributed by atoms with E-state index in [4.69, 9.17) is 4.74 Å². The summed E-state index contributed by atoms with van der Waals surface area (Å²) in [6, 6.07) is 10.4. The Labute approximate surface area is 155 Å². The maximum atomic E-state index is 13.8. The highest BCUT2D eigenvalue weighted by Crippen LogP contribution is 2.20. The highest BCUT2D eigenvalue weighted by atomic mass is 32.1. The number of hydrogen-bond donors (Lipinski definition) is 0. The highest BCUT2D eigenvalue weighted by molar-refractivity contribution is 7.10. The Bertz CT molecular complexity index is 784. The number of amides is 1. The van der Waals surface area contributed by atoms with Gasteiger partial charge in [0.2, 0.25) is 0 Å². The fraction of sp³-hybridized carbons (Fsp3) is 0.263. The van der Waals surface area contributed by atoms with Gasteiger partial charge in [-0.2, -0.15) is 0 Å². The van der Waals surface area contributed by atoms with Crippen molar-refractivity contribution in [3.8, 4) is 0 Å². The van der Waals surface area contributed by atoms with Crippen LogP contribution in [-0.2, 0) is 14.3 Å². The third-order valence-corrected chi connectivity index (χ3v) is 4.93. The molecular weight excluding hydrogens is 355 g/mol. The van der Waals surface area contributed by atoms with Crippen molar-refractivity contribution < 1.29 is 18.7 Å².